The zero-order valence-corrected chi connectivity index (χ0v) is 27.6. The molecule has 0 aliphatic carbocycles. The Labute approximate surface area is 266 Å². The van der Waals surface area contributed by atoms with Crippen LogP contribution in [0.5, 0.6) is 5.75 Å². The number of halogens is 1. The predicted molar refractivity (Wildman–Crippen MR) is 177 cm³/mol. The Morgan fingerprint density at radius 3 is 2.50 bits per heavy atom. The van der Waals surface area contributed by atoms with Gasteiger partial charge in [-0.25, -0.2) is 13.4 Å². The Kier molecular flexibility index (Phi) is 10.1. The Morgan fingerprint density at radius 1 is 1.07 bits per heavy atom. The lowest BCUT2D eigenvalue weighted by atomic mass is 9.93. The molecule has 0 bridgehead atoms. The van der Waals surface area contributed by atoms with Gasteiger partial charge >= 0.3 is 0 Å². The van der Waals surface area contributed by atoms with Gasteiger partial charge < -0.3 is 20.1 Å². The molecule has 11 heteroatoms. The third kappa shape index (κ3) is 7.37. The molecule has 3 aromatic rings. The van der Waals surface area contributed by atoms with Gasteiger partial charge in [-0.2, -0.15) is 4.98 Å². The first-order valence-corrected chi connectivity index (χ1v) is 17.2. The topological polar surface area (TPSA) is 106 Å². The molecule has 1 fully saturated rings. The molecule has 44 heavy (non-hydrogen) atoms. The second-order valence-electron chi connectivity index (χ2n) is 11.9. The number of ether oxygens (including phenoxy) is 2. The van der Waals surface area contributed by atoms with Crippen molar-refractivity contribution in [3.8, 4) is 5.75 Å². The third-order valence-electron chi connectivity index (χ3n) is 8.04. The highest BCUT2D eigenvalue weighted by Crippen LogP contribution is 2.37. The molecule has 0 spiro atoms. The lowest BCUT2D eigenvalue weighted by molar-refractivity contribution is 0.0378. The summed E-state index contributed by atoms with van der Waals surface area (Å²) in [5.41, 5.74) is 4.76. The first kappa shape index (κ1) is 32.2. The SMILES string of the molecule is Cc1cc(Nc2ncc(Cl)c(Nc3ccccc3S(=O)(=O)C(C)C)n2)c(OC(C)C)cc1C1=CCN(C2CCOCC2)CC1. The standard InChI is InChI=1S/C33H42ClN5O4S/c1-21(2)43-30-19-26(24-10-14-39(15-11-24)25-12-16-42-17-13-25)23(5)18-29(30)37-33-35-20-27(34)32(38-33)36-28-8-6-7-9-31(28)44(40,41)22(3)4/h6-10,18-22,25H,11-17H2,1-5H3,(H2,35,36,37,38). The van der Waals surface area contributed by atoms with Crippen LogP contribution in [0.3, 0.4) is 0 Å². The minimum atomic E-state index is -3.54. The number of hydrogen-bond donors (Lipinski definition) is 2. The number of nitrogens with zero attached hydrogens (tertiary/aromatic N) is 3. The third-order valence-corrected chi connectivity index (χ3v) is 10.5. The quantitative estimate of drug-likeness (QED) is 0.239. The number of nitrogens with one attached hydrogen (secondary N) is 2. The van der Waals surface area contributed by atoms with Crippen LogP contribution in [0.4, 0.5) is 23.1 Å². The maximum absolute atomic E-state index is 13.0. The first-order chi connectivity index (χ1) is 21.0. The lowest BCUT2D eigenvalue weighted by Crippen LogP contribution is -2.41. The van der Waals surface area contributed by atoms with Gasteiger partial charge in [0, 0.05) is 32.3 Å². The molecule has 0 saturated carbocycles. The zero-order valence-electron chi connectivity index (χ0n) is 26.1. The number of rotatable bonds is 10. The molecule has 0 amide bonds. The fourth-order valence-electron chi connectivity index (χ4n) is 5.63. The Morgan fingerprint density at radius 2 is 1.82 bits per heavy atom. The van der Waals surface area contributed by atoms with Gasteiger partial charge in [0.05, 0.1) is 33.8 Å². The van der Waals surface area contributed by atoms with Crippen molar-refractivity contribution in [2.75, 3.05) is 36.9 Å². The molecule has 3 heterocycles. The second-order valence-corrected chi connectivity index (χ2v) is 14.8. The number of aromatic nitrogens is 2. The van der Waals surface area contributed by atoms with Crippen LogP contribution in [-0.4, -0.2) is 67.0 Å². The van der Waals surface area contributed by atoms with E-state index < -0.39 is 15.1 Å². The Balaban J connectivity index is 1.40. The largest absolute Gasteiger partial charge is 0.489 e. The smallest absolute Gasteiger partial charge is 0.229 e. The van der Waals surface area contributed by atoms with Gasteiger partial charge in [-0.3, -0.25) is 4.90 Å². The highest BCUT2D eigenvalue weighted by molar-refractivity contribution is 7.92. The molecule has 1 aromatic heterocycles. The van der Waals surface area contributed by atoms with Crippen LogP contribution in [0.2, 0.25) is 5.02 Å². The monoisotopic (exact) mass is 639 g/mol. The van der Waals surface area contributed by atoms with E-state index in [4.69, 9.17) is 21.1 Å². The van der Waals surface area contributed by atoms with Gasteiger partial charge in [-0.15, -0.1) is 0 Å². The van der Waals surface area contributed by atoms with E-state index >= 15 is 0 Å². The van der Waals surface area contributed by atoms with Crippen LogP contribution < -0.4 is 15.4 Å². The van der Waals surface area contributed by atoms with Crippen LogP contribution in [0.25, 0.3) is 5.57 Å². The van der Waals surface area contributed by atoms with E-state index in [-0.39, 0.29) is 21.8 Å². The van der Waals surface area contributed by atoms with Crippen molar-refractivity contribution in [2.45, 2.75) is 76.2 Å². The zero-order chi connectivity index (χ0) is 31.4. The molecule has 9 nitrogen and oxygen atoms in total. The summed E-state index contributed by atoms with van der Waals surface area (Å²) in [5.74, 6) is 1.29. The van der Waals surface area contributed by atoms with Gasteiger partial charge in [-0.05, 0) is 94.8 Å². The molecule has 1 saturated heterocycles. The molecular weight excluding hydrogens is 598 g/mol. The van der Waals surface area contributed by atoms with E-state index in [0.29, 0.717) is 23.4 Å². The number of benzene rings is 2. The molecule has 2 N–H and O–H groups in total. The lowest BCUT2D eigenvalue weighted by Gasteiger charge is -2.36. The van der Waals surface area contributed by atoms with Crippen molar-refractivity contribution >= 4 is 50.2 Å². The molecule has 2 aliphatic heterocycles. The van der Waals surface area contributed by atoms with Crippen LogP contribution in [-0.2, 0) is 14.6 Å². The summed E-state index contributed by atoms with van der Waals surface area (Å²) in [6.45, 7) is 13.1. The van der Waals surface area contributed by atoms with Crippen LogP contribution in [0.1, 0.15) is 58.1 Å². The average Bonchev–Trinajstić information content (AvgIpc) is 3.00. The van der Waals surface area contributed by atoms with Gasteiger partial charge in [0.1, 0.15) is 10.8 Å². The summed E-state index contributed by atoms with van der Waals surface area (Å²) in [6, 6.07) is 11.5. The molecule has 236 valence electrons. The van der Waals surface area contributed by atoms with Gasteiger partial charge in [0.2, 0.25) is 5.95 Å². The summed E-state index contributed by atoms with van der Waals surface area (Å²) < 4.78 is 37.8. The molecule has 0 atom stereocenters. The molecular formula is C33H42ClN5O4S. The van der Waals surface area contributed by atoms with E-state index in [2.05, 4.69) is 50.6 Å². The molecule has 2 aliphatic rings. The summed E-state index contributed by atoms with van der Waals surface area (Å²) in [5, 5.41) is 6.11. The highest BCUT2D eigenvalue weighted by atomic mass is 35.5. The van der Waals surface area contributed by atoms with E-state index in [1.165, 1.54) is 17.3 Å². The second kappa shape index (κ2) is 13.9. The van der Waals surface area contributed by atoms with Crippen molar-refractivity contribution < 1.29 is 17.9 Å². The van der Waals surface area contributed by atoms with Crippen LogP contribution in [0, 0.1) is 6.92 Å². The van der Waals surface area contributed by atoms with E-state index in [1.807, 2.05) is 13.8 Å². The van der Waals surface area contributed by atoms with Crippen LogP contribution >= 0.6 is 11.6 Å². The summed E-state index contributed by atoms with van der Waals surface area (Å²) >= 11 is 6.46. The minimum Gasteiger partial charge on any atom is -0.489 e. The van der Waals surface area contributed by atoms with Crippen molar-refractivity contribution in [3.05, 3.63) is 64.8 Å². The van der Waals surface area contributed by atoms with Crippen molar-refractivity contribution in [2.24, 2.45) is 0 Å². The average molecular weight is 640 g/mol. The van der Waals surface area contributed by atoms with Gasteiger partial charge in [0.25, 0.3) is 0 Å². The van der Waals surface area contributed by atoms with E-state index in [0.717, 1.165) is 56.8 Å². The normalized spacial score (nSPS) is 16.7. The molecule has 5 rings (SSSR count). The summed E-state index contributed by atoms with van der Waals surface area (Å²) in [6.07, 6.45) is 6.98. The van der Waals surface area contributed by atoms with Crippen molar-refractivity contribution in [1.29, 1.82) is 0 Å². The number of hydrogen-bond acceptors (Lipinski definition) is 9. The van der Waals surface area contributed by atoms with Crippen molar-refractivity contribution in [1.82, 2.24) is 14.9 Å². The molecule has 0 unspecified atom stereocenters. The maximum atomic E-state index is 13.0. The Hall–Kier alpha value is -3.18. The number of anilines is 4. The van der Waals surface area contributed by atoms with Crippen LogP contribution in [0.15, 0.2) is 53.6 Å². The van der Waals surface area contributed by atoms with E-state index in [1.54, 1.807) is 38.1 Å². The maximum Gasteiger partial charge on any atom is 0.229 e. The predicted octanol–water partition coefficient (Wildman–Crippen LogP) is 7.16. The number of sulfone groups is 1. The van der Waals surface area contributed by atoms with E-state index in [9.17, 15) is 8.42 Å². The summed E-state index contributed by atoms with van der Waals surface area (Å²) in [4.78, 5) is 11.8. The molecule has 2 aromatic carbocycles. The fourth-order valence-corrected chi connectivity index (χ4v) is 6.97. The summed E-state index contributed by atoms with van der Waals surface area (Å²) in [7, 11) is -3.54. The molecule has 0 radical (unpaired) electrons. The Bertz CT molecular complexity index is 1620. The van der Waals surface area contributed by atoms with Crippen molar-refractivity contribution in [3.63, 3.8) is 0 Å². The van der Waals surface area contributed by atoms with Gasteiger partial charge in [-0.1, -0.05) is 29.8 Å². The number of aryl methyl sites for hydroxylation is 1. The highest BCUT2D eigenvalue weighted by Gasteiger charge is 2.25. The first-order valence-electron chi connectivity index (χ1n) is 15.2. The fraction of sp³-hybridized carbons (Fsp3) is 0.455. The van der Waals surface area contributed by atoms with Gasteiger partial charge in [0.15, 0.2) is 15.7 Å². The number of para-hydroxylation sites is 1. The minimum absolute atomic E-state index is 0.0433.